The van der Waals surface area contributed by atoms with Crippen molar-refractivity contribution in [2.75, 3.05) is 4.90 Å². The van der Waals surface area contributed by atoms with Gasteiger partial charge in [-0.2, -0.15) is 0 Å². The van der Waals surface area contributed by atoms with Gasteiger partial charge < -0.3 is 79.3 Å². The van der Waals surface area contributed by atoms with Crippen LogP contribution in [-0.4, -0.2) is 24.4 Å². The first-order chi connectivity index (χ1) is 10.6. The van der Waals surface area contributed by atoms with Crippen molar-refractivity contribution in [2.24, 2.45) is 0 Å². The van der Waals surface area contributed by atoms with Crippen LogP contribution in [0.4, 0.5) is 17.1 Å². The van der Waals surface area contributed by atoms with Crippen molar-refractivity contribution >= 4 is 41.5 Å². The molecule has 0 saturated heterocycles. The Morgan fingerprint density at radius 1 is 0.379 bits per heavy atom. The molecule has 3 aromatic rings. The van der Waals surface area contributed by atoms with Gasteiger partial charge in [0.2, 0.25) is 0 Å². The maximum atomic E-state index is 2.29. The summed E-state index contributed by atoms with van der Waals surface area (Å²) in [4.78, 5) is 2.29. The summed E-state index contributed by atoms with van der Waals surface area (Å²) in [5.74, 6) is 0. The van der Waals surface area contributed by atoms with E-state index in [1.807, 2.05) is 0 Å². The fourth-order valence-corrected chi connectivity index (χ4v) is 2.53. The predicted octanol–water partition coefficient (Wildman–Crippen LogP) is -12.3. The normalized spacial score (nSPS) is 7.97. The van der Waals surface area contributed by atoms with Crippen molar-refractivity contribution in [3.63, 3.8) is 0 Å². The zero-order valence-electron chi connectivity index (χ0n) is 16.1. The second-order valence-electron chi connectivity index (χ2n) is 5.84. The van der Waals surface area contributed by atoms with E-state index in [1.54, 1.807) is 0 Å². The third-order valence-electron chi connectivity index (χ3n) is 3.88. The fraction of sp³-hybridized carbons (Fsp3) is 0.143. The minimum Gasteiger partial charge on any atom is -1.00 e. The Labute approximate surface area is 229 Å². The van der Waals surface area contributed by atoms with Gasteiger partial charge in [0.05, 0.1) is 0 Å². The van der Waals surface area contributed by atoms with E-state index in [0.29, 0.717) is 0 Å². The first kappa shape index (κ1) is 39.5. The van der Waals surface area contributed by atoms with E-state index < -0.39 is 0 Å². The molecule has 8 heteroatoms. The van der Waals surface area contributed by atoms with E-state index in [1.165, 1.54) is 33.8 Å². The molecule has 0 fully saturated rings. The van der Waals surface area contributed by atoms with Crippen LogP contribution in [0.15, 0.2) is 72.8 Å². The van der Waals surface area contributed by atoms with E-state index in [0.717, 1.165) is 0 Å². The molecule has 0 aliphatic rings. The molecule has 0 saturated carbocycles. The summed E-state index contributed by atoms with van der Waals surface area (Å²) in [5, 5.41) is 0. The molecule has 2 radical (unpaired) electrons. The minimum absolute atomic E-state index is 0. The smallest absolute Gasteiger partial charge is 1.00 e. The second kappa shape index (κ2) is 18.8. The van der Waals surface area contributed by atoms with Crippen molar-refractivity contribution in [1.82, 2.24) is 0 Å². The number of rotatable bonds is 3. The topological polar surface area (TPSA) is 3.24 Å². The predicted molar refractivity (Wildman–Crippen MR) is 101 cm³/mol. The number of hydrogen-bond acceptors (Lipinski definition) is 1. The summed E-state index contributed by atoms with van der Waals surface area (Å²) in [6.07, 6.45) is 0. The van der Waals surface area contributed by atoms with E-state index >= 15 is 0 Å². The van der Waals surface area contributed by atoms with Crippen molar-refractivity contribution in [3.8, 4) is 0 Å². The van der Waals surface area contributed by atoms with Crippen molar-refractivity contribution < 1.29 is 74.4 Å². The molecule has 0 atom stereocenters. The van der Waals surface area contributed by atoms with Gasteiger partial charge in [0, 0.05) is 17.1 Å². The zero-order valence-corrected chi connectivity index (χ0v) is 23.2. The van der Waals surface area contributed by atoms with Crippen LogP contribution in [0.2, 0.25) is 0 Å². The van der Waals surface area contributed by atoms with Gasteiger partial charge in [-0.1, -0.05) is 53.1 Å². The Morgan fingerprint density at radius 3 is 0.724 bits per heavy atom. The molecule has 1 nitrogen and oxygen atoms in total. The van der Waals surface area contributed by atoms with Crippen LogP contribution in [0.5, 0.6) is 0 Å². The molecule has 0 bridgehead atoms. The number of aryl methyl sites for hydroxylation is 3. The van der Waals surface area contributed by atoms with Crippen LogP contribution in [-0.2, 0) is 0 Å². The maximum Gasteiger partial charge on any atom is 3.00 e. The van der Waals surface area contributed by atoms with E-state index in [2.05, 4.69) is 98.5 Å². The van der Waals surface area contributed by atoms with Crippen molar-refractivity contribution in [1.29, 1.82) is 0 Å². The standard InChI is InChI=1S/C21H21N.6ClH.Sb/c1-16-4-10-19(11-5-16)22(20-12-6-17(2)7-13-20)21-14-8-18(3)9-15-21;;;;;;;/h4-15H,1-3H3;6*1H;/q;;;;;;;+3/p-6. The van der Waals surface area contributed by atoms with E-state index in [9.17, 15) is 0 Å². The third kappa shape index (κ3) is 10.7. The van der Waals surface area contributed by atoms with Gasteiger partial charge in [0.1, 0.15) is 0 Å². The van der Waals surface area contributed by atoms with Gasteiger partial charge in [-0.25, -0.2) is 0 Å². The number of hydrogen-bond donors (Lipinski definition) is 0. The second-order valence-corrected chi connectivity index (χ2v) is 5.84. The zero-order chi connectivity index (χ0) is 15.5. The Kier molecular flexibility index (Phi) is 25.5. The van der Waals surface area contributed by atoms with Crippen LogP contribution in [0, 0.1) is 20.8 Å². The molecule has 0 amide bonds. The average molecular weight is 622 g/mol. The Bertz CT molecular complexity index is 657. The van der Waals surface area contributed by atoms with Crippen LogP contribution < -0.4 is 79.3 Å². The summed E-state index contributed by atoms with van der Waals surface area (Å²) >= 11 is 0. The van der Waals surface area contributed by atoms with Crippen LogP contribution in [0.25, 0.3) is 0 Å². The Hall–Kier alpha value is 0.0182. The van der Waals surface area contributed by atoms with Gasteiger partial charge in [0.25, 0.3) is 0 Å². The molecule has 0 aromatic heterocycles. The van der Waals surface area contributed by atoms with Gasteiger partial charge in [-0.3, -0.25) is 0 Å². The van der Waals surface area contributed by atoms with E-state index in [4.69, 9.17) is 0 Å². The fourth-order valence-electron chi connectivity index (χ4n) is 2.53. The van der Waals surface area contributed by atoms with Crippen LogP contribution in [0.3, 0.4) is 0 Å². The third-order valence-corrected chi connectivity index (χ3v) is 3.88. The average Bonchev–Trinajstić information content (AvgIpc) is 2.53. The van der Waals surface area contributed by atoms with Gasteiger partial charge in [-0.15, -0.1) is 0 Å². The van der Waals surface area contributed by atoms with Gasteiger partial charge >= 0.3 is 24.4 Å². The molecular formula is C21H21Cl6NSb-3. The maximum absolute atomic E-state index is 2.29. The molecule has 29 heavy (non-hydrogen) atoms. The molecule has 0 unspecified atom stereocenters. The summed E-state index contributed by atoms with van der Waals surface area (Å²) in [6.45, 7) is 6.35. The first-order valence-electron chi connectivity index (χ1n) is 7.63. The van der Waals surface area contributed by atoms with Crippen LogP contribution in [0.1, 0.15) is 16.7 Å². The van der Waals surface area contributed by atoms with Gasteiger partial charge in [0.15, 0.2) is 0 Å². The molecule has 3 aromatic carbocycles. The molecule has 0 heterocycles. The number of benzene rings is 3. The quantitative estimate of drug-likeness (QED) is 0.263. The minimum atomic E-state index is 0. The largest absolute Gasteiger partial charge is 3.00 e. The molecule has 0 N–H and O–H groups in total. The molecule has 0 aliphatic carbocycles. The monoisotopic (exact) mass is 618 g/mol. The molecule has 3 rings (SSSR count). The molecule has 160 valence electrons. The Balaban J connectivity index is -0.000000274. The SMILES string of the molecule is Cc1ccc(N(c2ccc(C)cc2)c2ccc(C)cc2)cc1.[Cl-].[Cl-].[Cl-].[Cl-].[Cl-].[Cl-].[Sb+3]. The number of nitrogens with zero attached hydrogens (tertiary/aromatic N) is 1. The number of anilines is 3. The van der Waals surface area contributed by atoms with Gasteiger partial charge in [-0.05, 0) is 57.2 Å². The van der Waals surface area contributed by atoms with Crippen LogP contribution >= 0.6 is 0 Å². The molecular weight excluding hydrogens is 601 g/mol. The van der Waals surface area contributed by atoms with Crippen molar-refractivity contribution in [2.45, 2.75) is 20.8 Å². The summed E-state index contributed by atoms with van der Waals surface area (Å²) in [6, 6.07) is 26.0. The summed E-state index contributed by atoms with van der Waals surface area (Å²) in [5.41, 5.74) is 7.36. The summed E-state index contributed by atoms with van der Waals surface area (Å²) in [7, 11) is 0. The first-order valence-corrected chi connectivity index (χ1v) is 7.63. The molecule has 0 spiro atoms. The number of halogens is 6. The summed E-state index contributed by atoms with van der Waals surface area (Å²) < 4.78 is 0. The van der Waals surface area contributed by atoms with Crippen molar-refractivity contribution in [3.05, 3.63) is 89.5 Å². The Morgan fingerprint density at radius 2 is 0.552 bits per heavy atom. The molecule has 0 aliphatic heterocycles. The van der Waals surface area contributed by atoms with E-state index in [-0.39, 0.29) is 98.9 Å².